The Morgan fingerprint density at radius 2 is 1.83 bits per heavy atom. The van der Waals surface area contributed by atoms with Gasteiger partial charge in [-0.1, -0.05) is 30.3 Å². The van der Waals surface area contributed by atoms with Gasteiger partial charge in [-0.2, -0.15) is 4.31 Å². The van der Waals surface area contributed by atoms with Gasteiger partial charge in [-0.3, -0.25) is 4.79 Å². The average Bonchev–Trinajstić information content (AvgIpc) is 3.05. The van der Waals surface area contributed by atoms with Crippen LogP contribution in [0.1, 0.15) is 45.2 Å². The van der Waals surface area contributed by atoms with E-state index in [-0.39, 0.29) is 0 Å². The first-order valence-electron chi connectivity index (χ1n) is 9.25. The molecule has 0 radical (unpaired) electrons. The van der Waals surface area contributed by atoms with E-state index in [2.05, 4.69) is 5.32 Å². The number of amides is 1. The normalized spacial score (nSPS) is 14.9. The summed E-state index contributed by atoms with van der Waals surface area (Å²) < 4.78 is 30.3. The number of carbonyl (C=O) groups is 2. The third-order valence-corrected chi connectivity index (χ3v) is 7.51. The zero-order valence-electron chi connectivity index (χ0n) is 16.6. The van der Waals surface area contributed by atoms with Crippen LogP contribution >= 0.6 is 11.3 Å². The number of hydrogen-bond acceptors (Lipinski definition) is 6. The van der Waals surface area contributed by atoms with E-state index in [0.717, 1.165) is 46.7 Å². The third kappa shape index (κ3) is 4.52. The maximum absolute atomic E-state index is 13.2. The predicted molar refractivity (Wildman–Crippen MR) is 113 cm³/mol. The Hall–Kier alpha value is -2.23. The molecule has 0 saturated heterocycles. The zero-order chi connectivity index (χ0) is 21.2. The van der Waals surface area contributed by atoms with Crippen LogP contribution in [0.4, 0.5) is 5.00 Å². The molecule has 9 heteroatoms. The van der Waals surface area contributed by atoms with Crippen molar-refractivity contribution in [1.82, 2.24) is 4.31 Å². The van der Waals surface area contributed by atoms with Crippen molar-refractivity contribution in [3.8, 4) is 0 Å². The first kappa shape index (κ1) is 21.5. The molecular weight excluding hydrogens is 412 g/mol. The number of esters is 1. The first-order valence-corrected chi connectivity index (χ1v) is 11.9. The van der Waals surface area contributed by atoms with Crippen molar-refractivity contribution in [2.75, 3.05) is 25.7 Å². The average molecular weight is 437 g/mol. The minimum absolute atomic E-state index is 0.384. The van der Waals surface area contributed by atoms with Crippen LogP contribution in [0.15, 0.2) is 30.3 Å². The first-order chi connectivity index (χ1) is 13.7. The quantitative estimate of drug-likeness (QED) is 0.703. The molecule has 1 aromatic heterocycles. The molecule has 0 unspecified atom stereocenters. The number of thiophene rings is 1. The number of anilines is 1. The number of aryl methyl sites for hydroxylation is 1. The molecule has 2 aromatic rings. The lowest BCUT2D eigenvalue weighted by molar-refractivity contribution is -0.119. The van der Waals surface area contributed by atoms with E-state index in [1.807, 2.05) is 0 Å². The lowest BCUT2D eigenvalue weighted by Crippen LogP contribution is -2.38. The molecule has 3 rings (SSSR count). The van der Waals surface area contributed by atoms with E-state index in [4.69, 9.17) is 4.74 Å². The molecule has 0 spiro atoms. The highest BCUT2D eigenvalue weighted by Crippen LogP contribution is 2.39. The summed E-state index contributed by atoms with van der Waals surface area (Å²) in [6.07, 6.45) is 4.68. The fourth-order valence-corrected chi connectivity index (χ4v) is 5.39. The maximum atomic E-state index is 13.2. The third-order valence-electron chi connectivity index (χ3n) is 5.05. The number of fused-ring (bicyclic) bond motifs is 1. The molecule has 29 heavy (non-hydrogen) atoms. The number of likely N-dealkylation sites (N-methyl/N-ethyl adjacent to an activating group) is 1. The summed E-state index contributed by atoms with van der Waals surface area (Å²) in [5.41, 5.74) is 1.85. The van der Waals surface area contributed by atoms with Gasteiger partial charge in [0.25, 0.3) is 0 Å². The monoisotopic (exact) mass is 436 g/mol. The Bertz CT molecular complexity index is 1010. The summed E-state index contributed by atoms with van der Waals surface area (Å²) in [6, 6.07) is 7.63. The van der Waals surface area contributed by atoms with Gasteiger partial charge in [0.2, 0.25) is 15.9 Å². The van der Waals surface area contributed by atoms with Crippen molar-refractivity contribution < 1.29 is 22.7 Å². The SMILES string of the molecule is COC(=O)c1c(NC(=O)[C@H](c2ccccc2)N(C)S(C)(=O)=O)sc2c1CCCC2. The van der Waals surface area contributed by atoms with E-state index in [1.54, 1.807) is 30.3 Å². The molecule has 0 aliphatic heterocycles. The summed E-state index contributed by atoms with van der Waals surface area (Å²) in [5, 5.41) is 3.22. The summed E-state index contributed by atoms with van der Waals surface area (Å²) in [4.78, 5) is 26.7. The van der Waals surface area contributed by atoms with Crippen LogP contribution in [-0.2, 0) is 32.4 Å². The van der Waals surface area contributed by atoms with Crippen LogP contribution < -0.4 is 5.32 Å². The van der Waals surface area contributed by atoms with Gasteiger partial charge in [0, 0.05) is 11.9 Å². The van der Waals surface area contributed by atoms with Crippen LogP contribution in [0, 0.1) is 0 Å². The molecular formula is C20H24N2O5S2. The number of rotatable bonds is 6. The highest BCUT2D eigenvalue weighted by molar-refractivity contribution is 7.88. The van der Waals surface area contributed by atoms with E-state index in [1.165, 1.54) is 25.5 Å². The van der Waals surface area contributed by atoms with Gasteiger partial charge in [-0.15, -0.1) is 11.3 Å². The molecule has 0 saturated carbocycles. The molecule has 7 nitrogen and oxygen atoms in total. The van der Waals surface area contributed by atoms with Gasteiger partial charge in [0.05, 0.1) is 18.9 Å². The molecule has 0 fully saturated rings. The van der Waals surface area contributed by atoms with Crippen molar-refractivity contribution >= 4 is 38.2 Å². The van der Waals surface area contributed by atoms with Gasteiger partial charge in [-0.05, 0) is 36.8 Å². The van der Waals surface area contributed by atoms with Crippen LogP contribution in [0.25, 0.3) is 0 Å². The number of carbonyl (C=O) groups excluding carboxylic acids is 2. The Kier molecular flexibility index (Phi) is 6.40. The van der Waals surface area contributed by atoms with Gasteiger partial charge in [0.15, 0.2) is 0 Å². The highest BCUT2D eigenvalue weighted by Gasteiger charge is 2.33. The fraction of sp³-hybridized carbons (Fsp3) is 0.400. The summed E-state index contributed by atoms with van der Waals surface area (Å²) >= 11 is 1.37. The molecule has 1 atom stereocenters. The van der Waals surface area contributed by atoms with E-state index in [9.17, 15) is 18.0 Å². The van der Waals surface area contributed by atoms with Crippen molar-refractivity contribution in [2.24, 2.45) is 0 Å². The minimum atomic E-state index is -3.64. The lowest BCUT2D eigenvalue weighted by Gasteiger charge is -2.25. The number of methoxy groups -OCH3 is 1. The molecule has 1 heterocycles. The topological polar surface area (TPSA) is 92.8 Å². The second-order valence-electron chi connectivity index (χ2n) is 6.99. The molecule has 1 N–H and O–H groups in total. The Labute approximate surface area is 174 Å². The standard InChI is InChI=1S/C20H24N2O5S2/c1-22(29(3,25)26)17(13-9-5-4-6-10-13)18(23)21-19-16(20(24)27-2)14-11-7-8-12-15(14)28-19/h4-6,9-10,17H,7-8,11-12H2,1-3H3,(H,21,23)/t17-/m0/s1. The molecule has 1 amide bonds. The smallest absolute Gasteiger partial charge is 0.341 e. The Balaban J connectivity index is 2.00. The predicted octanol–water partition coefficient (Wildman–Crippen LogP) is 2.98. The molecule has 1 aliphatic rings. The Morgan fingerprint density at radius 3 is 2.45 bits per heavy atom. The number of sulfonamides is 1. The number of ether oxygens (including phenoxy) is 1. The van der Waals surface area contributed by atoms with Gasteiger partial charge in [-0.25, -0.2) is 13.2 Å². The van der Waals surface area contributed by atoms with Crippen LogP contribution in [0.2, 0.25) is 0 Å². The fourth-order valence-electron chi connectivity index (χ4n) is 3.51. The molecule has 1 aromatic carbocycles. The molecule has 156 valence electrons. The number of nitrogens with one attached hydrogen (secondary N) is 1. The Morgan fingerprint density at radius 1 is 1.17 bits per heavy atom. The largest absolute Gasteiger partial charge is 0.465 e. The van der Waals surface area contributed by atoms with E-state index >= 15 is 0 Å². The van der Waals surface area contributed by atoms with Gasteiger partial charge in [0.1, 0.15) is 11.0 Å². The van der Waals surface area contributed by atoms with Crippen molar-refractivity contribution in [2.45, 2.75) is 31.7 Å². The number of benzene rings is 1. The minimum Gasteiger partial charge on any atom is -0.465 e. The zero-order valence-corrected chi connectivity index (χ0v) is 18.2. The summed E-state index contributed by atoms with van der Waals surface area (Å²) in [6.45, 7) is 0. The van der Waals surface area contributed by atoms with Gasteiger partial charge >= 0.3 is 5.97 Å². The van der Waals surface area contributed by atoms with Crippen molar-refractivity contribution in [3.05, 3.63) is 51.9 Å². The molecule has 1 aliphatic carbocycles. The maximum Gasteiger partial charge on any atom is 0.341 e. The van der Waals surface area contributed by atoms with Crippen molar-refractivity contribution in [1.29, 1.82) is 0 Å². The van der Waals surface area contributed by atoms with Crippen LogP contribution in [0.3, 0.4) is 0 Å². The lowest BCUT2D eigenvalue weighted by atomic mass is 9.95. The summed E-state index contributed by atoms with van der Waals surface area (Å²) in [5.74, 6) is -1.01. The number of hydrogen-bond donors (Lipinski definition) is 1. The molecule has 0 bridgehead atoms. The van der Waals surface area contributed by atoms with E-state index < -0.39 is 27.9 Å². The van der Waals surface area contributed by atoms with E-state index in [0.29, 0.717) is 16.1 Å². The van der Waals surface area contributed by atoms with Crippen LogP contribution in [0.5, 0.6) is 0 Å². The van der Waals surface area contributed by atoms with Gasteiger partial charge < -0.3 is 10.1 Å². The summed E-state index contributed by atoms with van der Waals surface area (Å²) in [7, 11) is -0.958. The van der Waals surface area contributed by atoms with Crippen LogP contribution in [-0.4, -0.2) is 45.0 Å². The van der Waals surface area contributed by atoms with Crippen molar-refractivity contribution in [3.63, 3.8) is 0 Å². The second-order valence-corrected chi connectivity index (χ2v) is 10.1. The number of nitrogens with zero attached hydrogens (tertiary/aromatic N) is 1. The second kappa shape index (κ2) is 8.64. The highest BCUT2D eigenvalue weighted by atomic mass is 32.2.